The lowest BCUT2D eigenvalue weighted by molar-refractivity contribution is 0.175. The average Bonchev–Trinajstić information content (AvgIpc) is 2.95. The number of aromatic amines is 1. The van der Waals surface area contributed by atoms with Gasteiger partial charge in [-0.1, -0.05) is 30.3 Å². The van der Waals surface area contributed by atoms with Gasteiger partial charge in [-0.25, -0.2) is 4.98 Å². The molecule has 1 aliphatic rings. The fraction of sp³-hybridized carbons (Fsp3) is 0.438. The minimum atomic E-state index is 0. The van der Waals surface area contributed by atoms with E-state index >= 15 is 0 Å². The molecule has 0 atom stereocenters. The molecule has 2 aromatic rings. The van der Waals surface area contributed by atoms with Crippen molar-refractivity contribution in [3.8, 4) is 0 Å². The molecular weight excluding hydrogens is 305 g/mol. The van der Waals surface area contributed by atoms with E-state index in [9.17, 15) is 0 Å². The summed E-state index contributed by atoms with van der Waals surface area (Å²) in [5.41, 5.74) is 2.70. The molecule has 1 aromatic carbocycles. The summed E-state index contributed by atoms with van der Waals surface area (Å²) in [6.07, 6.45) is 7.54. The standard InChI is InChI=1S/C16H21N3.2ClH/c1-2-4-14(5-3-1)10-15-6-8-19(9-7-15)12-16-11-17-13-18-16;;/h1-5,11,13,15H,6-10,12H2,(H,17,18);2*1H. The number of aromatic nitrogens is 2. The van der Waals surface area contributed by atoms with Crippen molar-refractivity contribution in [2.75, 3.05) is 13.1 Å². The number of piperidine rings is 1. The number of nitrogens with one attached hydrogen (secondary N) is 1. The van der Waals surface area contributed by atoms with Gasteiger partial charge in [-0.2, -0.15) is 0 Å². The Balaban J connectivity index is 0.00000110. The van der Waals surface area contributed by atoms with Crippen molar-refractivity contribution in [3.05, 3.63) is 54.1 Å². The summed E-state index contributed by atoms with van der Waals surface area (Å²) in [7, 11) is 0. The van der Waals surface area contributed by atoms with E-state index in [4.69, 9.17) is 0 Å². The van der Waals surface area contributed by atoms with Gasteiger partial charge in [-0.15, -0.1) is 24.8 Å². The summed E-state index contributed by atoms with van der Waals surface area (Å²) < 4.78 is 0. The van der Waals surface area contributed by atoms with Crippen LogP contribution in [-0.4, -0.2) is 28.0 Å². The van der Waals surface area contributed by atoms with Crippen molar-refractivity contribution >= 4 is 24.8 Å². The zero-order valence-electron chi connectivity index (χ0n) is 12.1. The number of hydrogen-bond acceptors (Lipinski definition) is 2. The molecular formula is C16H23Cl2N3. The Morgan fingerprint density at radius 3 is 2.43 bits per heavy atom. The Bertz CT molecular complexity index is 479. The smallest absolute Gasteiger partial charge is 0.0922 e. The summed E-state index contributed by atoms with van der Waals surface area (Å²) >= 11 is 0. The predicted molar refractivity (Wildman–Crippen MR) is 91.2 cm³/mol. The second kappa shape index (κ2) is 9.08. The van der Waals surface area contributed by atoms with Crippen molar-refractivity contribution in [2.24, 2.45) is 5.92 Å². The van der Waals surface area contributed by atoms with Gasteiger partial charge in [-0.3, -0.25) is 4.90 Å². The molecule has 3 nitrogen and oxygen atoms in total. The zero-order valence-corrected chi connectivity index (χ0v) is 13.7. The highest BCUT2D eigenvalue weighted by Crippen LogP contribution is 2.22. The summed E-state index contributed by atoms with van der Waals surface area (Å²) in [5.74, 6) is 0.848. The molecule has 0 spiro atoms. The summed E-state index contributed by atoms with van der Waals surface area (Å²) in [6.45, 7) is 3.42. The first-order valence-corrected chi connectivity index (χ1v) is 7.13. The third-order valence-corrected chi connectivity index (χ3v) is 4.02. The van der Waals surface area contributed by atoms with Crippen LogP contribution < -0.4 is 0 Å². The lowest BCUT2D eigenvalue weighted by Gasteiger charge is -2.31. The molecule has 0 aliphatic carbocycles. The van der Waals surface area contributed by atoms with Crippen LogP contribution in [0.3, 0.4) is 0 Å². The maximum atomic E-state index is 4.08. The number of likely N-dealkylation sites (tertiary alicyclic amines) is 1. The fourth-order valence-corrected chi connectivity index (χ4v) is 2.91. The molecule has 0 unspecified atom stereocenters. The van der Waals surface area contributed by atoms with Crippen molar-refractivity contribution in [3.63, 3.8) is 0 Å². The number of rotatable bonds is 4. The SMILES string of the molecule is Cl.Cl.c1ccc(CC2CCN(Cc3cnc[nH]3)CC2)cc1. The number of H-pyrrole nitrogens is 1. The molecule has 1 aliphatic heterocycles. The molecule has 3 rings (SSSR count). The first kappa shape index (κ1) is 18.0. The molecule has 116 valence electrons. The van der Waals surface area contributed by atoms with Crippen LogP contribution in [0.25, 0.3) is 0 Å². The van der Waals surface area contributed by atoms with Gasteiger partial charge in [0.1, 0.15) is 0 Å². The molecule has 1 N–H and O–H groups in total. The Labute approximate surface area is 139 Å². The van der Waals surface area contributed by atoms with Crippen molar-refractivity contribution < 1.29 is 0 Å². The van der Waals surface area contributed by atoms with Crippen LogP contribution in [-0.2, 0) is 13.0 Å². The molecule has 21 heavy (non-hydrogen) atoms. The van der Waals surface area contributed by atoms with Crippen molar-refractivity contribution in [2.45, 2.75) is 25.8 Å². The molecule has 0 bridgehead atoms. The third-order valence-electron chi connectivity index (χ3n) is 4.02. The van der Waals surface area contributed by atoms with Crippen LogP contribution in [0.5, 0.6) is 0 Å². The lowest BCUT2D eigenvalue weighted by Crippen LogP contribution is -2.33. The average molecular weight is 328 g/mol. The first-order chi connectivity index (χ1) is 9.40. The van der Waals surface area contributed by atoms with Crippen LogP contribution in [0.2, 0.25) is 0 Å². The monoisotopic (exact) mass is 327 g/mol. The Morgan fingerprint density at radius 1 is 1.10 bits per heavy atom. The van der Waals surface area contributed by atoms with Crippen molar-refractivity contribution in [1.82, 2.24) is 14.9 Å². The topological polar surface area (TPSA) is 31.9 Å². The van der Waals surface area contributed by atoms with Crippen LogP contribution in [0.15, 0.2) is 42.9 Å². The van der Waals surface area contributed by atoms with Gasteiger partial charge in [-0.05, 0) is 43.8 Å². The van der Waals surface area contributed by atoms with Gasteiger partial charge < -0.3 is 4.98 Å². The number of benzene rings is 1. The summed E-state index contributed by atoms with van der Waals surface area (Å²) in [6, 6.07) is 10.9. The van der Waals surface area contributed by atoms with E-state index in [2.05, 4.69) is 45.2 Å². The van der Waals surface area contributed by atoms with E-state index in [1.54, 1.807) is 6.33 Å². The number of nitrogens with zero attached hydrogens (tertiary/aromatic N) is 2. The van der Waals surface area contributed by atoms with Crippen LogP contribution in [0, 0.1) is 5.92 Å². The predicted octanol–water partition coefficient (Wildman–Crippen LogP) is 3.71. The molecule has 1 saturated heterocycles. The van der Waals surface area contributed by atoms with Crippen LogP contribution >= 0.6 is 24.8 Å². The third kappa shape index (κ3) is 5.34. The number of imidazole rings is 1. The van der Waals surface area contributed by atoms with E-state index in [-0.39, 0.29) is 24.8 Å². The van der Waals surface area contributed by atoms with Gasteiger partial charge in [0.2, 0.25) is 0 Å². The quantitative estimate of drug-likeness (QED) is 0.928. The van der Waals surface area contributed by atoms with E-state index in [0.29, 0.717) is 0 Å². The Kier molecular flexibility index (Phi) is 7.79. The number of hydrogen-bond donors (Lipinski definition) is 1. The summed E-state index contributed by atoms with van der Waals surface area (Å²) in [4.78, 5) is 9.78. The molecule has 2 heterocycles. The highest BCUT2D eigenvalue weighted by molar-refractivity contribution is 5.85. The summed E-state index contributed by atoms with van der Waals surface area (Å²) in [5, 5.41) is 0. The Morgan fingerprint density at radius 2 is 1.81 bits per heavy atom. The molecule has 1 aromatic heterocycles. The van der Waals surface area contributed by atoms with E-state index < -0.39 is 0 Å². The van der Waals surface area contributed by atoms with Gasteiger partial charge in [0, 0.05) is 18.4 Å². The number of halogens is 2. The largest absolute Gasteiger partial charge is 0.347 e. The zero-order chi connectivity index (χ0) is 12.9. The molecule has 0 saturated carbocycles. The highest BCUT2D eigenvalue weighted by atomic mass is 35.5. The normalized spacial score (nSPS) is 16.0. The minimum absolute atomic E-state index is 0. The van der Waals surface area contributed by atoms with E-state index in [1.165, 1.54) is 43.6 Å². The van der Waals surface area contributed by atoms with E-state index in [0.717, 1.165) is 12.5 Å². The lowest BCUT2D eigenvalue weighted by atomic mass is 9.90. The second-order valence-corrected chi connectivity index (χ2v) is 5.49. The van der Waals surface area contributed by atoms with Gasteiger partial charge in [0.05, 0.1) is 6.33 Å². The van der Waals surface area contributed by atoms with Crippen LogP contribution in [0.4, 0.5) is 0 Å². The first-order valence-electron chi connectivity index (χ1n) is 7.13. The molecule has 0 amide bonds. The van der Waals surface area contributed by atoms with Crippen LogP contribution in [0.1, 0.15) is 24.1 Å². The molecule has 0 radical (unpaired) electrons. The van der Waals surface area contributed by atoms with Gasteiger partial charge in [0.15, 0.2) is 0 Å². The van der Waals surface area contributed by atoms with Gasteiger partial charge >= 0.3 is 0 Å². The van der Waals surface area contributed by atoms with E-state index in [1.807, 2.05) is 6.20 Å². The Hall–Kier alpha value is -1.03. The van der Waals surface area contributed by atoms with Gasteiger partial charge in [0.25, 0.3) is 0 Å². The molecule has 1 fully saturated rings. The maximum Gasteiger partial charge on any atom is 0.0922 e. The minimum Gasteiger partial charge on any atom is -0.347 e. The highest BCUT2D eigenvalue weighted by Gasteiger charge is 2.19. The molecule has 5 heteroatoms. The fourth-order valence-electron chi connectivity index (χ4n) is 2.91. The van der Waals surface area contributed by atoms with Crippen molar-refractivity contribution in [1.29, 1.82) is 0 Å². The second-order valence-electron chi connectivity index (χ2n) is 5.49. The maximum absolute atomic E-state index is 4.08.